The van der Waals surface area contributed by atoms with E-state index in [1.54, 1.807) is 13.0 Å². The fourth-order valence-electron chi connectivity index (χ4n) is 0.943. The van der Waals surface area contributed by atoms with Crippen LogP contribution in [-0.2, 0) is 4.79 Å². The van der Waals surface area contributed by atoms with Crippen LogP contribution in [0.3, 0.4) is 0 Å². The molecule has 1 aromatic heterocycles. The Kier molecular flexibility index (Phi) is 5.99. The van der Waals surface area contributed by atoms with Crippen molar-refractivity contribution in [3.63, 3.8) is 0 Å². The maximum Gasteiger partial charge on any atom is 0.402 e. The van der Waals surface area contributed by atoms with Gasteiger partial charge in [-0.05, 0) is 32.4 Å². The summed E-state index contributed by atoms with van der Waals surface area (Å²) in [6, 6.07) is 3.11. The molecule has 108 valence electrons. The van der Waals surface area contributed by atoms with Crippen molar-refractivity contribution in [3.8, 4) is 0 Å². The Morgan fingerprint density at radius 3 is 2.11 bits per heavy atom. The molecule has 0 unspecified atom stereocenters. The summed E-state index contributed by atoms with van der Waals surface area (Å²) < 4.78 is 37.7. The van der Waals surface area contributed by atoms with E-state index >= 15 is 0 Å². The molecular weight excluding hydrogens is 257 g/mol. The maximum absolute atomic E-state index is 12.6. The van der Waals surface area contributed by atoms with Gasteiger partial charge >= 0.3 is 6.18 Å². The Morgan fingerprint density at radius 1 is 1.21 bits per heavy atom. The number of hydrogen-bond acceptors (Lipinski definition) is 2. The Balaban J connectivity index is 0.00000154. The Hall–Kier alpha value is -1.59. The van der Waals surface area contributed by atoms with Crippen molar-refractivity contribution in [1.29, 1.82) is 0 Å². The predicted molar refractivity (Wildman–Crippen MR) is 68.8 cm³/mol. The molecule has 0 saturated heterocycles. The molecule has 1 rings (SSSR count). The standard InChI is InChI=1S/C11H13F3N2O.C2H6/c1-7-4-5-8(15-6-7)16-9(17)10(2,3)11(12,13)14;1-2/h4-6H,1-3H3,(H,15,16,17);1-2H3. The molecule has 0 fully saturated rings. The van der Waals surface area contributed by atoms with E-state index in [0.717, 1.165) is 19.4 Å². The number of pyridine rings is 1. The zero-order chi connectivity index (χ0) is 15.3. The second-order valence-electron chi connectivity index (χ2n) is 4.30. The number of carbonyl (C=O) groups excluding carboxylic acids is 1. The first-order valence-corrected chi connectivity index (χ1v) is 5.95. The van der Waals surface area contributed by atoms with Crippen molar-refractivity contribution in [3.05, 3.63) is 23.9 Å². The highest BCUT2D eigenvalue weighted by Gasteiger charge is 2.52. The van der Waals surface area contributed by atoms with Crippen LogP contribution in [0.4, 0.5) is 19.0 Å². The number of hydrogen-bond donors (Lipinski definition) is 1. The lowest BCUT2D eigenvalue weighted by Crippen LogP contribution is -2.43. The van der Waals surface area contributed by atoms with Gasteiger partial charge in [-0.2, -0.15) is 13.2 Å². The number of nitrogens with zero attached hydrogens (tertiary/aromatic N) is 1. The molecule has 0 aliphatic heterocycles. The Labute approximate surface area is 111 Å². The van der Waals surface area contributed by atoms with E-state index in [1.807, 2.05) is 13.8 Å². The largest absolute Gasteiger partial charge is 0.402 e. The zero-order valence-electron chi connectivity index (χ0n) is 11.7. The van der Waals surface area contributed by atoms with Crippen molar-refractivity contribution >= 4 is 11.7 Å². The lowest BCUT2D eigenvalue weighted by molar-refractivity contribution is -0.208. The minimum Gasteiger partial charge on any atom is -0.310 e. The van der Waals surface area contributed by atoms with Gasteiger partial charge in [0.2, 0.25) is 5.91 Å². The summed E-state index contributed by atoms with van der Waals surface area (Å²) >= 11 is 0. The van der Waals surface area contributed by atoms with Crippen molar-refractivity contribution in [2.24, 2.45) is 5.41 Å². The average Bonchev–Trinajstić information content (AvgIpc) is 2.33. The summed E-state index contributed by atoms with van der Waals surface area (Å²) in [6.45, 7) is 7.45. The first-order chi connectivity index (χ1) is 8.64. The van der Waals surface area contributed by atoms with E-state index < -0.39 is 17.5 Å². The van der Waals surface area contributed by atoms with Gasteiger partial charge in [0.25, 0.3) is 0 Å². The van der Waals surface area contributed by atoms with Crippen LogP contribution < -0.4 is 5.32 Å². The molecular formula is C13H19F3N2O. The third-order valence-electron chi connectivity index (χ3n) is 2.43. The summed E-state index contributed by atoms with van der Waals surface area (Å²) in [4.78, 5) is 15.3. The van der Waals surface area contributed by atoms with Crippen LogP contribution in [0.5, 0.6) is 0 Å². The zero-order valence-corrected chi connectivity index (χ0v) is 11.7. The molecule has 0 bridgehead atoms. The van der Waals surface area contributed by atoms with Crippen molar-refractivity contribution < 1.29 is 18.0 Å². The molecule has 0 aliphatic rings. The van der Waals surface area contributed by atoms with Crippen molar-refractivity contribution in [1.82, 2.24) is 4.98 Å². The lowest BCUT2D eigenvalue weighted by Gasteiger charge is -2.25. The number of rotatable bonds is 2. The van der Waals surface area contributed by atoms with Crippen LogP contribution >= 0.6 is 0 Å². The van der Waals surface area contributed by atoms with Crippen LogP contribution in [0.1, 0.15) is 33.3 Å². The fraction of sp³-hybridized carbons (Fsp3) is 0.538. The third-order valence-corrected chi connectivity index (χ3v) is 2.43. The summed E-state index contributed by atoms with van der Waals surface area (Å²) in [5.41, 5.74) is -1.59. The molecule has 0 aromatic carbocycles. The molecule has 0 saturated carbocycles. The first-order valence-electron chi connectivity index (χ1n) is 5.95. The molecule has 1 N–H and O–H groups in total. The SMILES string of the molecule is CC.Cc1ccc(NC(=O)C(C)(C)C(F)(F)F)nc1. The highest BCUT2D eigenvalue weighted by molar-refractivity contribution is 5.94. The Bertz CT molecular complexity index is 411. The molecule has 1 heterocycles. The highest BCUT2D eigenvalue weighted by atomic mass is 19.4. The van der Waals surface area contributed by atoms with Crippen LogP contribution in [-0.4, -0.2) is 17.1 Å². The van der Waals surface area contributed by atoms with Gasteiger partial charge in [-0.1, -0.05) is 19.9 Å². The lowest BCUT2D eigenvalue weighted by atomic mass is 9.91. The average molecular weight is 276 g/mol. The molecule has 0 radical (unpaired) electrons. The molecule has 0 spiro atoms. The second kappa shape index (κ2) is 6.54. The third kappa shape index (κ3) is 4.54. The highest BCUT2D eigenvalue weighted by Crippen LogP contribution is 2.38. The number of anilines is 1. The van der Waals surface area contributed by atoms with Gasteiger partial charge in [-0.15, -0.1) is 0 Å². The molecule has 3 nitrogen and oxygen atoms in total. The number of carbonyl (C=O) groups is 1. The monoisotopic (exact) mass is 276 g/mol. The molecule has 0 aliphatic carbocycles. The smallest absolute Gasteiger partial charge is 0.310 e. The Morgan fingerprint density at radius 2 is 1.74 bits per heavy atom. The summed E-state index contributed by atoms with van der Waals surface area (Å²) in [7, 11) is 0. The molecule has 6 heteroatoms. The van der Waals surface area contributed by atoms with Gasteiger partial charge in [0.05, 0.1) is 0 Å². The van der Waals surface area contributed by atoms with Crippen LogP contribution in [0.2, 0.25) is 0 Å². The van der Waals surface area contributed by atoms with Crippen LogP contribution in [0.15, 0.2) is 18.3 Å². The predicted octanol–water partition coefficient (Wildman–Crippen LogP) is 3.94. The van der Waals surface area contributed by atoms with Gasteiger partial charge in [0.15, 0.2) is 0 Å². The van der Waals surface area contributed by atoms with E-state index in [4.69, 9.17) is 0 Å². The molecule has 0 atom stereocenters. The summed E-state index contributed by atoms with van der Waals surface area (Å²) in [5, 5.41) is 2.15. The van der Waals surface area contributed by atoms with Gasteiger partial charge in [-0.3, -0.25) is 4.79 Å². The summed E-state index contributed by atoms with van der Waals surface area (Å²) in [5.74, 6) is -1.01. The van der Waals surface area contributed by atoms with Gasteiger partial charge in [0.1, 0.15) is 11.2 Å². The molecule has 19 heavy (non-hydrogen) atoms. The van der Waals surface area contributed by atoms with E-state index in [-0.39, 0.29) is 5.82 Å². The van der Waals surface area contributed by atoms with Crippen molar-refractivity contribution in [2.75, 3.05) is 5.32 Å². The number of aryl methyl sites for hydroxylation is 1. The number of nitrogens with one attached hydrogen (secondary N) is 1. The number of amides is 1. The van der Waals surface area contributed by atoms with Gasteiger partial charge < -0.3 is 5.32 Å². The minimum atomic E-state index is -4.60. The van der Waals surface area contributed by atoms with Gasteiger partial charge in [0, 0.05) is 6.20 Å². The first kappa shape index (κ1) is 17.4. The van der Waals surface area contributed by atoms with E-state index in [1.165, 1.54) is 12.3 Å². The topological polar surface area (TPSA) is 42.0 Å². The molecule has 1 amide bonds. The van der Waals surface area contributed by atoms with E-state index in [9.17, 15) is 18.0 Å². The molecule has 1 aromatic rings. The van der Waals surface area contributed by atoms with Crippen LogP contribution in [0.25, 0.3) is 0 Å². The van der Waals surface area contributed by atoms with Crippen LogP contribution in [0, 0.1) is 12.3 Å². The number of halogens is 3. The maximum atomic E-state index is 12.6. The fourth-order valence-corrected chi connectivity index (χ4v) is 0.943. The van der Waals surface area contributed by atoms with E-state index in [0.29, 0.717) is 0 Å². The normalized spacial score (nSPS) is 11.4. The van der Waals surface area contributed by atoms with Crippen molar-refractivity contribution in [2.45, 2.75) is 40.8 Å². The quantitative estimate of drug-likeness (QED) is 0.888. The number of aromatic nitrogens is 1. The van der Waals surface area contributed by atoms with Gasteiger partial charge in [-0.25, -0.2) is 4.98 Å². The summed E-state index contributed by atoms with van der Waals surface area (Å²) in [6.07, 6.45) is -3.13. The second-order valence-corrected chi connectivity index (χ2v) is 4.30. The number of alkyl halides is 3. The minimum absolute atomic E-state index is 0.109. The van der Waals surface area contributed by atoms with E-state index in [2.05, 4.69) is 10.3 Å².